The van der Waals surface area contributed by atoms with E-state index < -0.39 is 23.0 Å². The van der Waals surface area contributed by atoms with Crippen molar-refractivity contribution in [3.8, 4) is 0 Å². The van der Waals surface area contributed by atoms with Crippen molar-refractivity contribution in [3.63, 3.8) is 0 Å². The predicted molar refractivity (Wildman–Crippen MR) is 90.6 cm³/mol. The Morgan fingerprint density at radius 1 is 1.40 bits per heavy atom. The molecule has 1 aromatic carbocycles. The molecule has 1 aromatic rings. The fourth-order valence-electron chi connectivity index (χ4n) is 2.55. The number of nitrogens with one attached hydrogen (secondary N) is 1. The standard InChI is InChI=1S/C17H21N3O5/c1-10(2)9-25-16(21)14-11(3)19(4)17(22)18-15(14)12-7-5-6-8-13(12)20(23)24/h5-8,10,15H,9H2,1-4H3,(H,18,22)/t15-/m1/s1. The van der Waals surface area contributed by atoms with E-state index in [2.05, 4.69) is 5.32 Å². The lowest BCUT2D eigenvalue weighted by Crippen LogP contribution is -2.46. The summed E-state index contributed by atoms with van der Waals surface area (Å²) in [6.07, 6.45) is 0. The lowest BCUT2D eigenvalue weighted by molar-refractivity contribution is -0.385. The fraction of sp³-hybridized carbons (Fsp3) is 0.412. The molecule has 8 heteroatoms. The summed E-state index contributed by atoms with van der Waals surface area (Å²) in [5.41, 5.74) is 0.668. The summed E-state index contributed by atoms with van der Waals surface area (Å²) in [7, 11) is 1.52. The first-order valence-corrected chi connectivity index (χ1v) is 7.89. The summed E-state index contributed by atoms with van der Waals surface area (Å²) in [6, 6.07) is 4.64. The van der Waals surface area contributed by atoms with E-state index in [4.69, 9.17) is 4.74 Å². The highest BCUT2D eigenvalue weighted by Crippen LogP contribution is 2.35. The molecule has 134 valence electrons. The van der Waals surface area contributed by atoms with Gasteiger partial charge in [0.05, 0.1) is 28.7 Å². The largest absolute Gasteiger partial charge is 0.462 e. The highest BCUT2D eigenvalue weighted by Gasteiger charge is 2.37. The van der Waals surface area contributed by atoms with Crippen LogP contribution in [0.2, 0.25) is 0 Å². The lowest BCUT2D eigenvalue weighted by Gasteiger charge is -2.33. The third-order valence-corrected chi connectivity index (χ3v) is 3.97. The van der Waals surface area contributed by atoms with Crippen molar-refractivity contribution >= 4 is 17.7 Å². The SMILES string of the molecule is CC1=C(C(=O)OCC(C)C)[C@@H](c2ccccc2[N+](=O)[O-])NC(=O)N1C. The van der Waals surface area contributed by atoms with Gasteiger partial charge in [-0.15, -0.1) is 0 Å². The predicted octanol–water partition coefficient (Wildman–Crippen LogP) is 2.76. The Balaban J connectivity index is 2.52. The normalized spacial score (nSPS) is 17.6. The zero-order valence-corrected chi connectivity index (χ0v) is 14.6. The van der Waals surface area contributed by atoms with Gasteiger partial charge in [-0.1, -0.05) is 26.0 Å². The van der Waals surface area contributed by atoms with E-state index in [1.165, 1.54) is 30.1 Å². The number of nitro groups is 1. The lowest BCUT2D eigenvalue weighted by atomic mass is 9.94. The van der Waals surface area contributed by atoms with Crippen LogP contribution in [0, 0.1) is 16.0 Å². The molecule has 8 nitrogen and oxygen atoms in total. The van der Waals surface area contributed by atoms with Gasteiger partial charge >= 0.3 is 12.0 Å². The second kappa shape index (κ2) is 7.33. The third kappa shape index (κ3) is 3.78. The van der Waals surface area contributed by atoms with E-state index in [0.29, 0.717) is 5.70 Å². The number of allylic oxidation sites excluding steroid dienone is 1. The van der Waals surface area contributed by atoms with Crippen LogP contribution in [0.5, 0.6) is 0 Å². The van der Waals surface area contributed by atoms with Crippen LogP contribution in [0.25, 0.3) is 0 Å². The van der Waals surface area contributed by atoms with Crippen LogP contribution in [-0.4, -0.2) is 35.5 Å². The van der Waals surface area contributed by atoms with Gasteiger partial charge in [-0.2, -0.15) is 0 Å². The molecule has 0 spiro atoms. The number of hydrogen-bond acceptors (Lipinski definition) is 5. The molecular weight excluding hydrogens is 326 g/mol. The number of benzene rings is 1. The van der Waals surface area contributed by atoms with Crippen molar-refractivity contribution in [2.24, 2.45) is 5.92 Å². The Bertz CT molecular complexity index is 742. The minimum absolute atomic E-state index is 0.144. The monoisotopic (exact) mass is 347 g/mol. The van der Waals surface area contributed by atoms with Gasteiger partial charge in [0.25, 0.3) is 5.69 Å². The molecule has 0 bridgehead atoms. The van der Waals surface area contributed by atoms with Gasteiger partial charge in [0.15, 0.2) is 0 Å². The smallest absolute Gasteiger partial charge is 0.338 e. The molecular formula is C17H21N3O5. The molecule has 0 radical (unpaired) electrons. The zero-order chi connectivity index (χ0) is 18.7. The maximum Gasteiger partial charge on any atom is 0.338 e. The maximum absolute atomic E-state index is 12.6. The van der Waals surface area contributed by atoms with Crippen molar-refractivity contribution in [3.05, 3.63) is 51.2 Å². The minimum Gasteiger partial charge on any atom is -0.462 e. The van der Waals surface area contributed by atoms with Gasteiger partial charge in [-0.05, 0) is 18.9 Å². The number of ether oxygens (including phenoxy) is 1. The van der Waals surface area contributed by atoms with Gasteiger partial charge in [0.2, 0.25) is 0 Å². The molecule has 0 fully saturated rings. The maximum atomic E-state index is 12.6. The number of amides is 2. The minimum atomic E-state index is -0.940. The van der Waals surface area contributed by atoms with Crippen LogP contribution >= 0.6 is 0 Å². The van der Waals surface area contributed by atoms with Gasteiger partial charge in [-0.25, -0.2) is 9.59 Å². The van der Waals surface area contributed by atoms with Crippen LogP contribution in [0.4, 0.5) is 10.5 Å². The van der Waals surface area contributed by atoms with Crippen molar-refractivity contribution in [2.75, 3.05) is 13.7 Å². The summed E-state index contributed by atoms with van der Waals surface area (Å²) < 4.78 is 5.30. The van der Waals surface area contributed by atoms with E-state index in [9.17, 15) is 19.7 Å². The summed E-state index contributed by atoms with van der Waals surface area (Å²) in [5, 5.41) is 14.0. The molecule has 0 aromatic heterocycles. The molecule has 0 unspecified atom stereocenters. The Hall–Kier alpha value is -2.90. The number of hydrogen-bond donors (Lipinski definition) is 1. The van der Waals surface area contributed by atoms with Gasteiger partial charge in [0.1, 0.15) is 0 Å². The van der Waals surface area contributed by atoms with Gasteiger partial charge in [-0.3, -0.25) is 10.1 Å². The fourth-order valence-corrected chi connectivity index (χ4v) is 2.55. The summed E-state index contributed by atoms with van der Waals surface area (Å²) in [4.78, 5) is 36.9. The van der Waals surface area contributed by atoms with Crippen LogP contribution in [0.1, 0.15) is 32.4 Å². The highest BCUT2D eigenvalue weighted by atomic mass is 16.6. The van der Waals surface area contributed by atoms with Gasteiger partial charge in [0, 0.05) is 18.8 Å². The Labute approximate surface area is 145 Å². The van der Waals surface area contributed by atoms with Crippen LogP contribution in [0.3, 0.4) is 0 Å². The van der Waals surface area contributed by atoms with E-state index in [1.807, 2.05) is 13.8 Å². The molecule has 2 amide bonds. The van der Waals surface area contributed by atoms with E-state index in [-0.39, 0.29) is 29.3 Å². The molecule has 0 saturated carbocycles. The van der Waals surface area contributed by atoms with Gasteiger partial charge < -0.3 is 15.0 Å². The summed E-state index contributed by atoms with van der Waals surface area (Å²) in [5.74, 6) is -0.452. The molecule has 1 atom stereocenters. The number of para-hydroxylation sites is 1. The van der Waals surface area contributed by atoms with Crippen molar-refractivity contribution in [2.45, 2.75) is 26.8 Å². The Morgan fingerprint density at radius 2 is 2.04 bits per heavy atom. The van der Waals surface area contributed by atoms with E-state index >= 15 is 0 Å². The molecule has 1 heterocycles. The second-order valence-corrected chi connectivity index (χ2v) is 6.25. The number of nitro benzene ring substituents is 1. The number of esters is 1. The van der Waals surface area contributed by atoms with Crippen molar-refractivity contribution in [1.29, 1.82) is 0 Å². The number of rotatable bonds is 5. The van der Waals surface area contributed by atoms with Crippen molar-refractivity contribution < 1.29 is 19.2 Å². The Kier molecular flexibility index (Phi) is 5.41. The Morgan fingerprint density at radius 3 is 2.64 bits per heavy atom. The third-order valence-electron chi connectivity index (χ3n) is 3.97. The van der Waals surface area contributed by atoms with Crippen molar-refractivity contribution in [1.82, 2.24) is 10.2 Å². The van der Waals surface area contributed by atoms with Crippen LogP contribution in [0.15, 0.2) is 35.5 Å². The summed E-state index contributed by atoms with van der Waals surface area (Å²) in [6.45, 7) is 5.65. The first-order valence-electron chi connectivity index (χ1n) is 7.89. The quantitative estimate of drug-likeness (QED) is 0.501. The number of urea groups is 1. The average Bonchev–Trinajstić information content (AvgIpc) is 2.57. The van der Waals surface area contributed by atoms with E-state index in [0.717, 1.165) is 0 Å². The molecule has 1 aliphatic heterocycles. The number of carbonyl (C=O) groups excluding carboxylic acids is 2. The second-order valence-electron chi connectivity index (χ2n) is 6.25. The first kappa shape index (κ1) is 18.4. The molecule has 0 saturated heterocycles. The molecule has 0 aliphatic carbocycles. The molecule has 1 N–H and O–H groups in total. The molecule has 2 rings (SSSR count). The number of carbonyl (C=O) groups is 2. The topological polar surface area (TPSA) is 102 Å². The van der Waals surface area contributed by atoms with Crippen LogP contribution in [-0.2, 0) is 9.53 Å². The number of nitrogens with zero attached hydrogens (tertiary/aromatic N) is 2. The average molecular weight is 347 g/mol. The summed E-state index contributed by atoms with van der Waals surface area (Å²) >= 11 is 0. The molecule has 25 heavy (non-hydrogen) atoms. The molecule has 1 aliphatic rings. The zero-order valence-electron chi connectivity index (χ0n) is 14.6. The first-order chi connectivity index (χ1) is 11.7. The van der Waals surface area contributed by atoms with Crippen LogP contribution < -0.4 is 5.32 Å². The van der Waals surface area contributed by atoms with E-state index in [1.54, 1.807) is 13.0 Å². The highest BCUT2D eigenvalue weighted by molar-refractivity contribution is 5.95.